The molecule has 6 nitrogen and oxygen atoms in total. The van der Waals surface area contributed by atoms with Gasteiger partial charge in [-0.3, -0.25) is 9.89 Å². The van der Waals surface area contributed by atoms with Crippen LogP contribution >= 0.6 is 0 Å². The van der Waals surface area contributed by atoms with Crippen LogP contribution in [0.5, 0.6) is 0 Å². The maximum atomic E-state index is 13.4. The van der Waals surface area contributed by atoms with E-state index in [0.717, 1.165) is 0 Å². The van der Waals surface area contributed by atoms with Crippen LogP contribution in [0.25, 0.3) is 0 Å². The normalized spacial score (nSPS) is 10.2. The SMILES string of the molecule is Cc1cccc(F)c1NC(=O)c1nc(N)n[nH]1. The summed E-state index contributed by atoms with van der Waals surface area (Å²) in [5, 5.41) is 8.26. The van der Waals surface area contributed by atoms with Crippen LogP contribution in [0.3, 0.4) is 0 Å². The minimum absolute atomic E-state index is 0.0413. The van der Waals surface area contributed by atoms with Gasteiger partial charge in [-0.2, -0.15) is 4.98 Å². The molecule has 0 spiro atoms. The number of rotatable bonds is 2. The summed E-state index contributed by atoms with van der Waals surface area (Å²) < 4.78 is 13.4. The monoisotopic (exact) mass is 235 g/mol. The Morgan fingerprint density at radius 2 is 2.29 bits per heavy atom. The van der Waals surface area contributed by atoms with Crippen LogP contribution in [0.4, 0.5) is 16.0 Å². The average molecular weight is 235 g/mol. The van der Waals surface area contributed by atoms with Gasteiger partial charge in [0.25, 0.3) is 5.91 Å². The third kappa shape index (κ3) is 2.22. The molecule has 1 heterocycles. The summed E-state index contributed by atoms with van der Waals surface area (Å²) >= 11 is 0. The number of H-pyrrole nitrogens is 1. The number of aromatic nitrogens is 3. The van der Waals surface area contributed by atoms with Crippen molar-refractivity contribution in [3.05, 3.63) is 35.4 Å². The Kier molecular flexibility index (Phi) is 2.73. The predicted octanol–water partition coefficient (Wildman–Crippen LogP) is 1.09. The van der Waals surface area contributed by atoms with Crippen molar-refractivity contribution in [2.75, 3.05) is 11.1 Å². The third-order valence-electron chi connectivity index (χ3n) is 2.18. The van der Waals surface area contributed by atoms with Crippen molar-refractivity contribution in [2.45, 2.75) is 6.92 Å². The van der Waals surface area contributed by atoms with Gasteiger partial charge in [-0.1, -0.05) is 12.1 Å². The molecule has 2 rings (SSSR count). The van der Waals surface area contributed by atoms with Crippen molar-refractivity contribution in [3.63, 3.8) is 0 Å². The second-order valence-electron chi connectivity index (χ2n) is 3.43. The molecule has 0 atom stereocenters. The highest BCUT2D eigenvalue weighted by atomic mass is 19.1. The molecule has 0 aliphatic rings. The molecule has 4 N–H and O–H groups in total. The molecule has 0 radical (unpaired) electrons. The molecule has 0 aliphatic carbocycles. The van der Waals surface area contributed by atoms with E-state index in [2.05, 4.69) is 20.5 Å². The summed E-state index contributed by atoms with van der Waals surface area (Å²) in [6, 6.07) is 4.51. The summed E-state index contributed by atoms with van der Waals surface area (Å²) in [5.41, 5.74) is 6.00. The number of carbonyl (C=O) groups is 1. The molecule has 2 aromatic rings. The van der Waals surface area contributed by atoms with E-state index in [-0.39, 0.29) is 17.5 Å². The van der Waals surface area contributed by atoms with Gasteiger partial charge in [0, 0.05) is 0 Å². The first kappa shape index (κ1) is 11.1. The molecule has 88 valence electrons. The Balaban J connectivity index is 2.24. The Morgan fingerprint density at radius 1 is 1.53 bits per heavy atom. The summed E-state index contributed by atoms with van der Waals surface area (Å²) in [5.74, 6) is -1.21. The summed E-state index contributed by atoms with van der Waals surface area (Å²) in [6.45, 7) is 1.69. The second kappa shape index (κ2) is 4.20. The maximum Gasteiger partial charge on any atom is 0.293 e. The van der Waals surface area contributed by atoms with Crippen LogP contribution in [-0.2, 0) is 0 Å². The van der Waals surface area contributed by atoms with Crippen LogP contribution in [0.15, 0.2) is 18.2 Å². The quantitative estimate of drug-likeness (QED) is 0.725. The van der Waals surface area contributed by atoms with Gasteiger partial charge >= 0.3 is 0 Å². The summed E-state index contributed by atoms with van der Waals surface area (Å²) in [6.07, 6.45) is 0. The highest BCUT2D eigenvalue weighted by Gasteiger charge is 2.14. The molecule has 0 saturated carbocycles. The fraction of sp³-hybridized carbons (Fsp3) is 0.100. The second-order valence-corrected chi connectivity index (χ2v) is 3.43. The van der Waals surface area contributed by atoms with Crippen LogP contribution in [0.2, 0.25) is 0 Å². The van der Waals surface area contributed by atoms with Gasteiger partial charge in [0.15, 0.2) is 0 Å². The highest BCUT2D eigenvalue weighted by molar-refractivity contribution is 6.02. The lowest BCUT2D eigenvalue weighted by Crippen LogP contribution is -2.15. The molecule has 0 unspecified atom stereocenters. The van der Waals surface area contributed by atoms with Crippen LogP contribution in [0.1, 0.15) is 16.2 Å². The maximum absolute atomic E-state index is 13.4. The number of benzene rings is 1. The van der Waals surface area contributed by atoms with E-state index >= 15 is 0 Å². The molecule has 1 aromatic carbocycles. The van der Waals surface area contributed by atoms with Gasteiger partial charge in [-0.25, -0.2) is 4.39 Å². The Morgan fingerprint density at radius 3 is 2.88 bits per heavy atom. The van der Waals surface area contributed by atoms with E-state index in [0.29, 0.717) is 5.56 Å². The molecule has 0 fully saturated rings. The van der Waals surface area contributed by atoms with E-state index in [4.69, 9.17) is 5.73 Å². The minimum atomic E-state index is -0.595. The van der Waals surface area contributed by atoms with Gasteiger partial charge in [-0.15, -0.1) is 5.10 Å². The van der Waals surface area contributed by atoms with Crippen molar-refractivity contribution < 1.29 is 9.18 Å². The molecule has 1 amide bonds. The lowest BCUT2D eigenvalue weighted by molar-refractivity contribution is 0.101. The number of anilines is 2. The van der Waals surface area contributed by atoms with Crippen molar-refractivity contribution in [1.82, 2.24) is 15.2 Å². The molecule has 0 bridgehead atoms. The van der Waals surface area contributed by atoms with Crippen molar-refractivity contribution in [1.29, 1.82) is 0 Å². The Bertz CT molecular complexity index is 545. The minimum Gasteiger partial charge on any atom is -0.366 e. The number of aryl methyl sites for hydroxylation is 1. The number of hydrogen-bond donors (Lipinski definition) is 3. The molecular weight excluding hydrogens is 225 g/mol. The number of nitrogen functional groups attached to an aromatic ring is 1. The third-order valence-corrected chi connectivity index (χ3v) is 2.18. The van der Waals surface area contributed by atoms with Gasteiger partial charge in [0.1, 0.15) is 5.82 Å². The summed E-state index contributed by atoms with van der Waals surface area (Å²) in [4.78, 5) is 15.3. The van der Waals surface area contributed by atoms with E-state index < -0.39 is 11.7 Å². The van der Waals surface area contributed by atoms with Crippen molar-refractivity contribution >= 4 is 17.5 Å². The Hall–Kier alpha value is -2.44. The van der Waals surface area contributed by atoms with Crippen LogP contribution in [0, 0.1) is 12.7 Å². The standard InChI is InChI=1S/C10H10FN5O/c1-5-3-2-4-6(11)7(5)13-9(17)8-14-10(12)16-15-8/h2-4H,1H3,(H,13,17)(H3,12,14,15,16). The number of aromatic amines is 1. The van der Waals surface area contributed by atoms with Crippen LogP contribution in [-0.4, -0.2) is 21.1 Å². The molecular formula is C10H10FN5O. The first-order valence-electron chi connectivity index (χ1n) is 4.82. The predicted molar refractivity (Wildman–Crippen MR) is 59.9 cm³/mol. The number of nitrogens with one attached hydrogen (secondary N) is 2. The van der Waals surface area contributed by atoms with E-state index in [1.54, 1.807) is 19.1 Å². The lowest BCUT2D eigenvalue weighted by atomic mass is 10.2. The first-order valence-corrected chi connectivity index (χ1v) is 4.82. The average Bonchev–Trinajstić information content (AvgIpc) is 2.70. The number of halogens is 1. The van der Waals surface area contributed by atoms with Crippen molar-refractivity contribution in [2.24, 2.45) is 0 Å². The van der Waals surface area contributed by atoms with Gasteiger partial charge in [-0.05, 0) is 18.6 Å². The molecule has 17 heavy (non-hydrogen) atoms. The molecule has 0 saturated heterocycles. The smallest absolute Gasteiger partial charge is 0.293 e. The number of para-hydroxylation sites is 1. The number of nitrogens with two attached hydrogens (primary N) is 1. The van der Waals surface area contributed by atoms with Gasteiger partial charge in [0.2, 0.25) is 11.8 Å². The van der Waals surface area contributed by atoms with Gasteiger partial charge in [0.05, 0.1) is 5.69 Å². The highest BCUT2D eigenvalue weighted by Crippen LogP contribution is 2.19. The number of carbonyl (C=O) groups excluding carboxylic acids is 1. The molecule has 1 aromatic heterocycles. The zero-order valence-electron chi connectivity index (χ0n) is 8.99. The number of hydrogen-bond acceptors (Lipinski definition) is 4. The molecule has 0 aliphatic heterocycles. The number of amides is 1. The van der Waals surface area contributed by atoms with E-state index in [9.17, 15) is 9.18 Å². The van der Waals surface area contributed by atoms with Gasteiger partial charge < -0.3 is 11.1 Å². The van der Waals surface area contributed by atoms with E-state index in [1.165, 1.54) is 6.07 Å². The first-order chi connectivity index (χ1) is 8.08. The number of nitrogens with zero attached hydrogens (tertiary/aromatic N) is 2. The van der Waals surface area contributed by atoms with Crippen LogP contribution < -0.4 is 11.1 Å². The Labute approximate surface area is 96.1 Å². The fourth-order valence-electron chi connectivity index (χ4n) is 1.34. The lowest BCUT2D eigenvalue weighted by Gasteiger charge is -2.07. The zero-order valence-corrected chi connectivity index (χ0v) is 8.99. The fourth-order valence-corrected chi connectivity index (χ4v) is 1.34. The largest absolute Gasteiger partial charge is 0.366 e. The summed E-state index contributed by atoms with van der Waals surface area (Å²) in [7, 11) is 0. The zero-order chi connectivity index (χ0) is 12.4. The van der Waals surface area contributed by atoms with E-state index in [1.807, 2.05) is 0 Å². The van der Waals surface area contributed by atoms with Crippen molar-refractivity contribution in [3.8, 4) is 0 Å². The topological polar surface area (TPSA) is 96.7 Å². The molecule has 7 heteroatoms.